The van der Waals surface area contributed by atoms with Crippen molar-refractivity contribution in [2.45, 2.75) is 69.8 Å². The van der Waals surface area contributed by atoms with Crippen LogP contribution in [0, 0.1) is 11.6 Å². The number of hydrogen-bond donors (Lipinski definition) is 3. The molecule has 244 valence electrons. The predicted molar refractivity (Wildman–Crippen MR) is 170 cm³/mol. The fourth-order valence-corrected chi connectivity index (χ4v) is 7.79. The number of aromatic nitrogens is 3. The molecule has 2 aromatic carbocycles. The molecule has 12 heteroatoms. The maximum absolute atomic E-state index is 16.7. The molecule has 4 aromatic rings. The Kier molecular flexibility index (Phi) is 7.72. The molecule has 9 nitrogen and oxygen atoms in total. The van der Waals surface area contributed by atoms with Crippen molar-refractivity contribution >= 4 is 27.5 Å². The number of β-amino-alcohol motifs (C(OH)–C–C–N with tert-alkyl or cyclic N) is 1. The fraction of sp³-hybridized carbons (Fsp3) is 0.500. The first-order valence-electron chi connectivity index (χ1n) is 16.0. The summed E-state index contributed by atoms with van der Waals surface area (Å²) in [5.41, 5.74) is -0.648. The van der Waals surface area contributed by atoms with Crippen molar-refractivity contribution in [2.75, 3.05) is 44.6 Å². The summed E-state index contributed by atoms with van der Waals surface area (Å²) in [5, 5.41) is 25.4. The summed E-state index contributed by atoms with van der Waals surface area (Å²) in [7, 11) is 0. The number of phenolic OH excluding ortho intramolecular Hbond substituents is 1. The SMILES string of the molecule is CCc1c(F)ccc2cc(O)cc(-c3ncc4c(N[C@H](C)CN5CC(C)(O)C5)nc(OC[C@@]56CCCN5C[C@H](F)C6)nc4c3F)c12. The van der Waals surface area contributed by atoms with Gasteiger partial charge in [-0.2, -0.15) is 9.97 Å². The standard InChI is InChI=1S/C34H39F3N6O3/c1-4-23-26(36)7-6-20-10-22(44)11-24(27(20)23)29-28(37)30-25(13-38-29)31(39-19(2)14-42-16-33(3,45)17-42)41-32(40-30)46-18-34-8-5-9-43(34)15-21(35)12-34/h6-7,10-11,13,19,21,44-45H,4-5,8-9,12,14-18H2,1-3H3,(H,39,40,41)/t19-,21-,34+/m1/s1. The summed E-state index contributed by atoms with van der Waals surface area (Å²) in [6.07, 6.45) is 3.02. The Balaban J connectivity index is 1.30. The lowest BCUT2D eigenvalue weighted by Crippen LogP contribution is -2.61. The molecule has 0 unspecified atom stereocenters. The number of phenols is 1. The summed E-state index contributed by atoms with van der Waals surface area (Å²) in [6.45, 7) is 8.63. The number of fused-ring (bicyclic) bond motifs is 3. The average Bonchev–Trinajstić information content (AvgIpc) is 3.51. The van der Waals surface area contributed by atoms with Crippen LogP contribution < -0.4 is 10.1 Å². The number of pyridine rings is 1. The van der Waals surface area contributed by atoms with E-state index < -0.39 is 28.9 Å². The van der Waals surface area contributed by atoms with Crippen molar-refractivity contribution in [3.05, 3.63) is 47.7 Å². The third-order valence-electron chi connectivity index (χ3n) is 9.70. The van der Waals surface area contributed by atoms with Gasteiger partial charge in [0.1, 0.15) is 41.4 Å². The van der Waals surface area contributed by atoms with Crippen molar-refractivity contribution in [3.63, 3.8) is 0 Å². The van der Waals surface area contributed by atoms with Gasteiger partial charge in [-0.3, -0.25) is 14.8 Å². The molecule has 3 aliphatic heterocycles. The smallest absolute Gasteiger partial charge is 0.319 e. The highest BCUT2D eigenvalue weighted by Gasteiger charge is 2.49. The van der Waals surface area contributed by atoms with E-state index in [2.05, 4.69) is 30.1 Å². The number of hydrogen-bond acceptors (Lipinski definition) is 9. The number of halogens is 3. The minimum atomic E-state index is -0.928. The molecule has 0 saturated carbocycles. The van der Waals surface area contributed by atoms with E-state index in [4.69, 9.17) is 4.74 Å². The third kappa shape index (κ3) is 5.50. The van der Waals surface area contributed by atoms with E-state index in [1.165, 1.54) is 24.4 Å². The van der Waals surface area contributed by atoms with Gasteiger partial charge in [-0.15, -0.1) is 0 Å². The summed E-state index contributed by atoms with van der Waals surface area (Å²) in [5.74, 6) is -0.960. The normalized spacial score (nSPS) is 23.5. The van der Waals surface area contributed by atoms with Crippen LogP contribution >= 0.6 is 0 Å². The quantitative estimate of drug-likeness (QED) is 0.228. The molecule has 3 N–H and O–H groups in total. The van der Waals surface area contributed by atoms with Crippen LogP contribution in [-0.2, 0) is 6.42 Å². The first-order chi connectivity index (χ1) is 21.9. The van der Waals surface area contributed by atoms with Crippen molar-refractivity contribution in [1.82, 2.24) is 24.8 Å². The largest absolute Gasteiger partial charge is 0.508 e. The number of aromatic hydroxyl groups is 1. The highest BCUT2D eigenvalue weighted by atomic mass is 19.1. The number of alkyl halides is 1. The molecule has 2 aromatic heterocycles. The van der Waals surface area contributed by atoms with Crippen molar-refractivity contribution in [2.24, 2.45) is 0 Å². The molecular formula is C34H39F3N6O3. The molecule has 3 atom stereocenters. The van der Waals surface area contributed by atoms with Gasteiger partial charge in [0.05, 0.1) is 16.5 Å². The first-order valence-corrected chi connectivity index (χ1v) is 16.0. The van der Waals surface area contributed by atoms with Crippen molar-refractivity contribution in [3.8, 4) is 23.0 Å². The van der Waals surface area contributed by atoms with E-state index >= 15 is 4.39 Å². The molecular weight excluding hydrogens is 597 g/mol. The second-order valence-corrected chi connectivity index (χ2v) is 13.6. The molecule has 3 saturated heterocycles. The second kappa shape index (κ2) is 11.5. The molecule has 46 heavy (non-hydrogen) atoms. The average molecular weight is 637 g/mol. The topological polar surface area (TPSA) is 107 Å². The van der Waals surface area contributed by atoms with Crippen LogP contribution in [0.1, 0.15) is 45.6 Å². The number of nitrogens with zero attached hydrogens (tertiary/aromatic N) is 5. The predicted octanol–water partition coefficient (Wildman–Crippen LogP) is 5.21. The van der Waals surface area contributed by atoms with Crippen LogP contribution in [0.4, 0.5) is 19.0 Å². The number of aryl methyl sites for hydroxylation is 1. The van der Waals surface area contributed by atoms with Crippen LogP contribution in [0.5, 0.6) is 11.8 Å². The first kappa shape index (κ1) is 30.9. The Labute approximate surface area is 265 Å². The zero-order chi connectivity index (χ0) is 32.4. The molecule has 0 aliphatic carbocycles. The van der Waals surface area contributed by atoms with E-state index in [1.807, 2.05) is 13.8 Å². The molecule has 0 bridgehead atoms. The molecule has 0 amide bonds. The second-order valence-electron chi connectivity index (χ2n) is 13.6. The van der Waals surface area contributed by atoms with Gasteiger partial charge in [0.2, 0.25) is 0 Å². The zero-order valence-corrected chi connectivity index (χ0v) is 26.3. The van der Waals surface area contributed by atoms with Gasteiger partial charge in [0.25, 0.3) is 0 Å². The van der Waals surface area contributed by atoms with Crippen molar-refractivity contribution < 1.29 is 28.1 Å². The molecule has 0 radical (unpaired) electrons. The lowest BCUT2D eigenvalue weighted by Gasteiger charge is -2.45. The number of rotatable bonds is 9. The Bertz CT molecular complexity index is 1820. The fourth-order valence-electron chi connectivity index (χ4n) is 7.79. The Hall–Kier alpha value is -3.74. The van der Waals surface area contributed by atoms with Gasteiger partial charge in [0.15, 0.2) is 5.82 Å². The minimum Gasteiger partial charge on any atom is -0.508 e. The summed E-state index contributed by atoms with van der Waals surface area (Å²) < 4.78 is 52.2. The zero-order valence-electron chi connectivity index (χ0n) is 26.3. The van der Waals surface area contributed by atoms with Crippen molar-refractivity contribution in [1.29, 1.82) is 0 Å². The van der Waals surface area contributed by atoms with Gasteiger partial charge in [-0.25, -0.2) is 13.2 Å². The lowest BCUT2D eigenvalue weighted by atomic mass is 9.94. The van der Waals surface area contributed by atoms with E-state index in [1.54, 1.807) is 13.0 Å². The van der Waals surface area contributed by atoms with E-state index in [9.17, 15) is 19.0 Å². The highest BCUT2D eigenvalue weighted by Crippen LogP contribution is 2.41. The van der Waals surface area contributed by atoms with E-state index in [0.717, 1.165) is 19.4 Å². The van der Waals surface area contributed by atoms with Gasteiger partial charge in [-0.05, 0) is 74.2 Å². The summed E-state index contributed by atoms with van der Waals surface area (Å²) in [4.78, 5) is 17.9. The van der Waals surface area contributed by atoms with E-state index in [0.29, 0.717) is 66.6 Å². The van der Waals surface area contributed by atoms with Gasteiger partial charge in [-0.1, -0.05) is 13.0 Å². The Morgan fingerprint density at radius 1 is 1.20 bits per heavy atom. The Morgan fingerprint density at radius 3 is 2.76 bits per heavy atom. The third-order valence-corrected chi connectivity index (χ3v) is 9.70. The maximum atomic E-state index is 16.7. The summed E-state index contributed by atoms with van der Waals surface area (Å²) in [6, 6.07) is 5.61. The van der Waals surface area contributed by atoms with Crippen LogP contribution in [0.3, 0.4) is 0 Å². The van der Waals surface area contributed by atoms with Gasteiger partial charge >= 0.3 is 6.01 Å². The highest BCUT2D eigenvalue weighted by molar-refractivity contribution is 6.01. The maximum Gasteiger partial charge on any atom is 0.319 e. The van der Waals surface area contributed by atoms with Crippen LogP contribution in [0.15, 0.2) is 30.5 Å². The number of aliphatic hydroxyl groups is 1. The molecule has 3 fully saturated rings. The lowest BCUT2D eigenvalue weighted by molar-refractivity contribution is -0.0836. The monoisotopic (exact) mass is 636 g/mol. The molecule has 7 rings (SSSR count). The van der Waals surface area contributed by atoms with E-state index in [-0.39, 0.29) is 41.2 Å². The van der Waals surface area contributed by atoms with Gasteiger partial charge in [0, 0.05) is 50.4 Å². The number of anilines is 1. The van der Waals surface area contributed by atoms with Crippen LogP contribution in [-0.4, -0.2) is 97.6 Å². The number of benzene rings is 2. The molecule has 5 heterocycles. The van der Waals surface area contributed by atoms with Crippen LogP contribution in [0.25, 0.3) is 32.9 Å². The Morgan fingerprint density at radius 2 is 2.00 bits per heavy atom. The molecule has 3 aliphatic rings. The minimum absolute atomic E-state index is 0.0434. The molecule has 0 spiro atoms. The van der Waals surface area contributed by atoms with Gasteiger partial charge < -0.3 is 20.3 Å². The number of ether oxygens (including phenoxy) is 1. The number of nitrogens with one attached hydrogen (secondary N) is 1. The summed E-state index contributed by atoms with van der Waals surface area (Å²) >= 11 is 0. The number of likely N-dealkylation sites (tertiary alicyclic amines) is 1. The van der Waals surface area contributed by atoms with Crippen LogP contribution in [0.2, 0.25) is 0 Å².